The van der Waals surface area contributed by atoms with Crippen molar-refractivity contribution in [2.75, 3.05) is 12.3 Å². The van der Waals surface area contributed by atoms with Crippen LogP contribution in [-0.2, 0) is 39.5 Å². The summed E-state index contributed by atoms with van der Waals surface area (Å²) in [5.74, 6) is -2.11. The van der Waals surface area contributed by atoms with Gasteiger partial charge >= 0.3 is 24.1 Å². The predicted molar refractivity (Wildman–Crippen MR) is 149 cm³/mol. The van der Waals surface area contributed by atoms with Crippen LogP contribution >= 0.6 is 39.0 Å². The van der Waals surface area contributed by atoms with Gasteiger partial charge in [0.15, 0.2) is 23.0 Å². The van der Waals surface area contributed by atoms with Crippen molar-refractivity contribution < 1.29 is 46.5 Å². The minimum Gasteiger partial charge on any atom is -0.463 e. The first-order valence-corrected chi connectivity index (χ1v) is 14.8. The van der Waals surface area contributed by atoms with Gasteiger partial charge in [0.1, 0.15) is 35.6 Å². The average molecular weight is 710 g/mol. The number of hydrogen-bond donors (Lipinski definition) is 1. The maximum Gasteiger partial charge on any atom is 0.434 e. The molecule has 4 heterocycles. The Morgan fingerprint density at radius 1 is 1.16 bits per heavy atom. The molecule has 0 radical (unpaired) electrons. The Kier molecular flexibility index (Phi) is 9.97. The number of aryl methyl sites for hydroxylation is 1. The van der Waals surface area contributed by atoms with Crippen LogP contribution in [0, 0.1) is 6.92 Å². The highest BCUT2D eigenvalue weighted by Gasteiger charge is 2.52. The molecule has 0 aliphatic carbocycles. The van der Waals surface area contributed by atoms with Gasteiger partial charge in [-0.05, 0) is 28.9 Å². The minimum absolute atomic E-state index is 0.214. The summed E-state index contributed by atoms with van der Waals surface area (Å²) in [6, 6.07) is 0.0781. The highest BCUT2D eigenvalue weighted by atomic mass is 79.9. The molecule has 5 atom stereocenters. The topological polar surface area (TPSA) is 171 Å². The number of pyridine rings is 1. The predicted octanol–water partition coefficient (Wildman–Crippen LogP) is 3.95. The third kappa shape index (κ3) is 7.81. The normalized spacial score (nSPS) is 22.2. The monoisotopic (exact) mass is 708 g/mol. The standard InChI is InChI=1S/C24H24BrF3N6O7S2/c1-9-17(31-23(29)42-9)15-7-34(33-32-15)18-19(39-11(3)36)16(8-38-10(2)35)41-22(20(18)40-12(4)37)43-13-5-14(25)21(30-6-13)24(26,27)28/h5-7,16,18-20,22H,8H2,1-4H3,(H2,29,31)/t16-,18+,19+,20-,22-/m1/s1. The molecule has 4 rings (SSSR count). The second-order valence-corrected chi connectivity index (χ2v) is 12.4. The smallest absolute Gasteiger partial charge is 0.434 e. The van der Waals surface area contributed by atoms with Crippen molar-refractivity contribution >= 4 is 62.1 Å². The zero-order valence-electron chi connectivity index (χ0n) is 22.8. The fraction of sp³-hybridized carbons (Fsp3) is 0.458. The van der Waals surface area contributed by atoms with E-state index in [9.17, 15) is 27.6 Å². The number of esters is 3. The number of thiazole rings is 1. The van der Waals surface area contributed by atoms with Crippen LogP contribution in [0.3, 0.4) is 0 Å². The van der Waals surface area contributed by atoms with E-state index in [1.807, 2.05) is 0 Å². The van der Waals surface area contributed by atoms with Crippen LogP contribution in [0.4, 0.5) is 18.3 Å². The summed E-state index contributed by atoms with van der Waals surface area (Å²) in [4.78, 5) is 45.0. The van der Waals surface area contributed by atoms with Crippen LogP contribution in [0.25, 0.3) is 11.4 Å². The molecule has 0 amide bonds. The number of aromatic nitrogens is 5. The van der Waals surface area contributed by atoms with Crippen LogP contribution in [0.2, 0.25) is 0 Å². The number of thioether (sulfide) groups is 1. The Balaban J connectivity index is 1.80. The number of hydrogen-bond acceptors (Lipinski definition) is 14. The van der Waals surface area contributed by atoms with Gasteiger partial charge in [-0.1, -0.05) is 17.0 Å². The molecule has 1 saturated heterocycles. The van der Waals surface area contributed by atoms with Gasteiger partial charge in [0.25, 0.3) is 0 Å². The molecule has 1 aliphatic rings. The number of carbonyl (C=O) groups excluding carboxylic acids is 3. The number of nitrogen functional groups attached to an aromatic ring is 1. The molecule has 0 spiro atoms. The zero-order valence-corrected chi connectivity index (χ0v) is 26.0. The summed E-state index contributed by atoms with van der Waals surface area (Å²) in [7, 11) is 0. The Morgan fingerprint density at radius 2 is 1.84 bits per heavy atom. The lowest BCUT2D eigenvalue weighted by molar-refractivity contribution is -0.212. The SMILES string of the molecule is CC(=O)OC[C@H]1O[C@H](Sc2cnc(C(F)(F)F)c(Br)c2)[C@H](OC(C)=O)[C@@H](n2cc(-c3nc(N)sc3C)nn2)[C@H]1OC(C)=O. The third-order valence-corrected chi connectivity index (χ3v) is 8.39. The summed E-state index contributed by atoms with van der Waals surface area (Å²) in [5.41, 5.74) is 4.33. The quantitative estimate of drug-likeness (QED) is 0.264. The number of halogens is 4. The molecule has 0 unspecified atom stereocenters. The van der Waals surface area contributed by atoms with Crippen molar-refractivity contribution in [3.05, 3.63) is 33.5 Å². The molecule has 1 aliphatic heterocycles. The third-order valence-electron chi connectivity index (χ3n) is 5.88. The number of anilines is 1. The van der Waals surface area contributed by atoms with E-state index in [0.717, 1.165) is 36.7 Å². The van der Waals surface area contributed by atoms with Crippen molar-refractivity contribution in [3.8, 4) is 11.4 Å². The maximum atomic E-state index is 13.3. The molecule has 43 heavy (non-hydrogen) atoms. The molecule has 3 aromatic heterocycles. The largest absolute Gasteiger partial charge is 0.463 e. The lowest BCUT2D eigenvalue weighted by atomic mass is 9.96. The van der Waals surface area contributed by atoms with Gasteiger partial charge in [-0.15, -0.1) is 16.4 Å². The first kappa shape index (κ1) is 32.6. The highest BCUT2D eigenvalue weighted by molar-refractivity contribution is 9.10. The molecule has 0 bridgehead atoms. The van der Waals surface area contributed by atoms with Crippen molar-refractivity contribution in [3.63, 3.8) is 0 Å². The van der Waals surface area contributed by atoms with Crippen molar-refractivity contribution in [2.45, 2.75) is 68.6 Å². The van der Waals surface area contributed by atoms with Crippen LogP contribution in [-0.4, -0.2) is 73.2 Å². The summed E-state index contributed by atoms with van der Waals surface area (Å²) < 4.78 is 63.4. The van der Waals surface area contributed by atoms with E-state index in [1.54, 1.807) is 6.92 Å². The Bertz CT molecular complexity index is 1520. The highest BCUT2D eigenvalue weighted by Crippen LogP contribution is 2.43. The van der Waals surface area contributed by atoms with Gasteiger partial charge in [0.2, 0.25) is 0 Å². The van der Waals surface area contributed by atoms with Gasteiger partial charge in [0.05, 0.1) is 6.20 Å². The molecule has 3 aromatic rings. The first-order chi connectivity index (χ1) is 20.1. The molecule has 1 fully saturated rings. The Hall–Kier alpha value is -3.29. The van der Waals surface area contributed by atoms with E-state index in [1.165, 1.54) is 35.2 Å². The van der Waals surface area contributed by atoms with Crippen molar-refractivity contribution in [1.82, 2.24) is 25.0 Å². The van der Waals surface area contributed by atoms with Crippen molar-refractivity contribution in [2.24, 2.45) is 0 Å². The summed E-state index contributed by atoms with van der Waals surface area (Å²) in [6.45, 7) is 4.88. The molecular weight excluding hydrogens is 685 g/mol. The van der Waals surface area contributed by atoms with Gasteiger partial charge in [-0.25, -0.2) is 14.6 Å². The fourth-order valence-corrected chi connectivity index (χ4v) is 6.83. The van der Waals surface area contributed by atoms with Gasteiger partial charge < -0.3 is 24.7 Å². The first-order valence-electron chi connectivity index (χ1n) is 12.3. The second-order valence-electron chi connectivity index (χ2n) is 9.14. The van der Waals surface area contributed by atoms with Gasteiger partial charge in [0, 0.05) is 41.2 Å². The molecule has 2 N–H and O–H groups in total. The van der Waals surface area contributed by atoms with E-state index in [4.69, 9.17) is 24.7 Å². The summed E-state index contributed by atoms with van der Waals surface area (Å²) >= 11 is 5.03. The molecule has 232 valence electrons. The number of alkyl halides is 3. The fourth-order valence-electron chi connectivity index (χ4n) is 4.29. The molecule has 0 aromatic carbocycles. The average Bonchev–Trinajstić information content (AvgIpc) is 3.49. The van der Waals surface area contributed by atoms with E-state index >= 15 is 0 Å². The molecule has 13 nitrogen and oxygen atoms in total. The minimum atomic E-state index is -4.70. The van der Waals surface area contributed by atoms with Crippen LogP contribution in [0.15, 0.2) is 27.8 Å². The van der Waals surface area contributed by atoms with Crippen molar-refractivity contribution in [1.29, 1.82) is 0 Å². The van der Waals surface area contributed by atoms with Crippen LogP contribution < -0.4 is 5.73 Å². The lowest BCUT2D eigenvalue weighted by Crippen LogP contribution is -2.57. The summed E-state index contributed by atoms with van der Waals surface area (Å²) in [6.07, 6.45) is -5.83. The van der Waals surface area contributed by atoms with Gasteiger partial charge in [-0.2, -0.15) is 13.2 Å². The van der Waals surface area contributed by atoms with Crippen LogP contribution in [0.5, 0.6) is 0 Å². The maximum absolute atomic E-state index is 13.3. The summed E-state index contributed by atoms with van der Waals surface area (Å²) in [5, 5.41) is 8.68. The Morgan fingerprint density at radius 3 is 2.40 bits per heavy atom. The number of ether oxygens (including phenoxy) is 4. The van der Waals surface area contributed by atoms with E-state index in [-0.39, 0.29) is 16.0 Å². The Labute approximate surface area is 258 Å². The van der Waals surface area contributed by atoms with E-state index < -0.39 is 59.6 Å². The molecular formula is C24H24BrF3N6O7S2. The van der Waals surface area contributed by atoms with Gasteiger partial charge in [-0.3, -0.25) is 14.4 Å². The number of rotatable bonds is 8. The number of carbonyl (C=O) groups is 3. The lowest BCUT2D eigenvalue weighted by Gasteiger charge is -2.44. The van der Waals surface area contributed by atoms with E-state index in [0.29, 0.717) is 16.5 Å². The number of nitrogens with zero attached hydrogens (tertiary/aromatic N) is 5. The molecule has 0 saturated carbocycles. The number of nitrogens with two attached hydrogens (primary N) is 1. The zero-order chi connectivity index (χ0) is 31.6. The molecule has 19 heteroatoms. The second kappa shape index (κ2) is 13.1. The van der Waals surface area contributed by atoms with Crippen LogP contribution in [0.1, 0.15) is 37.4 Å². The van der Waals surface area contributed by atoms with E-state index in [2.05, 4.69) is 36.2 Å².